The number of amides is 1. The Morgan fingerprint density at radius 1 is 0.967 bits per heavy atom. The second-order valence-electron chi connectivity index (χ2n) is 7.83. The first-order chi connectivity index (χ1) is 14.6. The van der Waals surface area contributed by atoms with Crippen LogP contribution in [-0.4, -0.2) is 48.7 Å². The molecule has 1 saturated heterocycles. The van der Waals surface area contributed by atoms with Crippen LogP contribution in [0.3, 0.4) is 0 Å². The lowest BCUT2D eigenvalue weighted by molar-refractivity contribution is -0.132. The maximum atomic E-state index is 13.2. The van der Waals surface area contributed by atoms with Crippen LogP contribution in [-0.2, 0) is 4.79 Å². The van der Waals surface area contributed by atoms with E-state index in [4.69, 9.17) is 4.74 Å². The normalized spacial score (nSPS) is 15.1. The fourth-order valence-electron chi connectivity index (χ4n) is 4.13. The highest BCUT2D eigenvalue weighted by atomic mass is 16.5. The molecule has 1 aliphatic heterocycles. The first-order valence-electron chi connectivity index (χ1n) is 10.5. The zero-order valence-corrected chi connectivity index (χ0v) is 17.7. The molecule has 1 atom stereocenters. The van der Waals surface area contributed by atoms with Crippen molar-refractivity contribution in [2.45, 2.75) is 19.4 Å². The van der Waals surface area contributed by atoms with Crippen molar-refractivity contribution >= 4 is 11.6 Å². The molecular formula is C25H29N3O2. The zero-order valence-electron chi connectivity index (χ0n) is 17.7. The lowest BCUT2D eigenvalue weighted by Gasteiger charge is -2.37. The zero-order chi connectivity index (χ0) is 20.9. The van der Waals surface area contributed by atoms with Gasteiger partial charge in [-0.3, -0.25) is 4.79 Å². The van der Waals surface area contributed by atoms with Gasteiger partial charge in [-0.1, -0.05) is 29.8 Å². The minimum Gasteiger partial charge on any atom is -0.497 e. The van der Waals surface area contributed by atoms with E-state index in [0.29, 0.717) is 6.42 Å². The molecule has 1 fully saturated rings. The van der Waals surface area contributed by atoms with Crippen LogP contribution in [0.25, 0.3) is 0 Å². The summed E-state index contributed by atoms with van der Waals surface area (Å²) in [4.78, 5) is 17.5. The summed E-state index contributed by atoms with van der Waals surface area (Å²) in [5.74, 6) is 1.07. The molecule has 2 heterocycles. The summed E-state index contributed by atoms with van der Waals surface area (Å²) in [6.45, 7) is 5.28. The second-order valence-corrected chi connectivity index (χ2v) is 7.83. The van der Waals surface area contributed by atoms with E-state index in [1.54, 1.807) is 7.11 Å². The molecule has 0 N–H and O–H groups in total. The Bertz CT molecular complexity index is 958. The molecule has 0 radical (unpaired) electrons. The summed E-state index contributed by atoms with van der Waals surface area (Å²) < 4.78 is 7.38. The van der Waals surface area contributed by atoms with Crippen molar-refractivity contribution in [3.63, 3.8) is 0 Å². The Morgan fingerprint density at radius 3 is 2.30 bits per heavy atom. The third-order valence-corrected chi connectivity index (χ3v) is 5.85. The molecule has 0 aliphatic carbocycles. The predicted molar refractivity (Wildman–Crippen MR) is 120 cm³/mol. The predicted octanol–water partition coefficient (Wildman–Crippen LogP) is 4.13. The number of piperazine rings is 1. The Morgan fingerprint density at radius 2 is 1.67 bits per heavy atom. The smallest absolute Gasteiger partial charge is 0.225 e. The largest absolute Gasteiger partial charge is 0.497 e. The monoisotopic (exact) mass is 403 g/mol. The molecule has 0 saturated carbocycles. The van der Waals surface area contributed by atoms with Gasteiger partial charge in [0, 0.05) is 44.3 Å². The molecule has 1 aromatic heterocycles. The van der Waals surface area contributed by atoms with Gasteiger partial charge in [-0.2, -0.15) is 0 Å². The molecular weight excluding hydrogens is 374 g/mol. The fourth-order valence-corrected chi connectivity index (χ4v) is 4.13. The highest BCUT2D eigenvalue weighted by Crippen LogP contribution is 2.25. The number of aryl methyl sites for hydroxylation is 1. The van der Waals surface area contributed by atoms with Gasteiger partial charge in [0.2, 0.25) is 5.91 Å². The summed E-state index contributed by atoms with van der Waals surface area (Å²) in [6, 6.07) is 20.6. The van der Waals surface area contributed by atoms with E-state index in [2.05, 4.69) is 52.8 Å². The number of carbonyl (C=O) groups excluding carboxylic acids is 1. The average molecular weight is 404 g/mol. The Hall–Kier alpha value is -3.21. The second kappa shape index (κ2) is 9.08. The van der Waals surface area contributed by atoms with E-state index < -0.39 is 0 Å². The highest BCUT2D eigenvalue weighted by Gasteiger charge is 2.25. The van der Waals surface area contributed by atoms with E-state index in [9.17, 15) is 4.79 Å². The van der Waals surface area contributed by atoms with Crippen molar-refractivity contribution in [2.75, 3.05) is 38.2 Å². The fraction of sp³-hybridized carbons (Fsp3) is 0.320. The lowest BCUT2D eigenvalue weighted by atomic mass is 10.0. The van der Waals surface area contributed by atoms with E-state index in [0.717, 1.165) is 31.9 Å². The van der Waals surface area contributed by atoms with Crippen LogP contribution in [0.4, 0.5) is 5.69 Å². The van der Waals surface area contributed by atoms with Gasteiger partial charge in [-0.15, -0.1) is 0 Å². The standard InChI is InChI=1S/C25H29N3O2/c1-20-6-5-7-21(18-20)24(27-12-3-4-13-27)19-25(29)28-16-14-26(15-17-28)22-8-10-23(30-2)11-9-22/h3-13,18,24H,14-17,19H2,1-2H3/t24-/m0/s1. The summed E-state index contributed by atoms with van der Waals surface area (Å²) in [5.41, 5.74) is 3.56. The quantitative estimate of drug-likeness (QED) is 0.621. The summed E-state index contributed by atoms with van der Waals surface area (Å²) >= 11 is 0. The minimum absolute atomic E-state index is 0.0204. The molecule has 5 heteroatoms. The number of benzene rings is 2. The molecule has 1 aliphatic rings. The van der Waals surface area contributed by atoms with Crippen LogP contribution >= 0.6 is 0 Å². The van der Waals surface area contributed by atoms with Gasteiger partial charge >= 0.3 is 0 Å². The van der Waals surface area contributed by atoms with Crippen molar-refractivity contribution in [1.82, 2.24) is 9.47 Å². The number of hydrogen-bond acceptors (Lipinski definition) is 3. The first kappa shape index (κ1) is 20.1. The molecule has 0 spiro atoms. The van der Waals surface area contributed by atoms with E-state index >= 15 is 0 Å². The van der Waals surface area contributed by atoms with Crippen LogP contribution in [0.15, 0.2) is 73.1 Å². The van der Waals surface area contributed by atoms with Crippen LogP contribution in [0, 0.1) is 6.92 Å². The number of hydrogen-bond donors (Lipinski definition) is 0. The van der Waals surface area contributed by atoms with Crippen molar-refractivity contribution in [1.29, 1.82) is 0 Å². The molecule has 2 aromatic carbocycles. The lowest BCUT2D eigenvalue weighted by Crippen LogP contribution is -2.49. The van der Waals surface area contributed by atoms with Gasteiger partial charge in [0.1, 0.15) is 5.75 Å². The third kappa shape index (κ3) is 4.51. The van der Waals surface area contributed by atoms with Crippen LogP contribution in [0.1, 0.15) is 23.6 Å². The number of methoxy groups -OCH3 is 1. The highest BCUT2D eigenvalue weighted by molar-refractivity contribution is 5.77. The van der Waals surface area contributed by atoms with Gasteiger partial charge in [0.25, 0.3) is 0 Å². The number of ether oxygens (including phenoxy) is 1. The van der Waals surface area contributed by atoms with E-state index in [-0.39, 0.29) is 11.9 Å². The first-order valence-corrected chi connectivity index (χ1v) is 10.5. The van der Waals surface area contributed by atoms with Crippen LogP contribution in [0.5, 0.6) is 5.75 Å². The Balaban J connectivity index is 1.41. The molecule has 4 rings (SSSR count). The SMILES string of the molecule is COc1ccc(N2CCN(C(=O)C[C@@H](c3cccc(C)c3)n3cccc3)CC2)cc1. The third-order valence-electron chi connectivity index (χ3n) is 5.85. The topological polar surface area (TPSA) is 37.7 Å². The Labute approximate surface area is 178 Å². The summed E-state index contributed by atoms with van der Waals surface area (Å²) in [5, 5.41) is 0. The van der Waals surface area contributed by atoms with Crippen molar-refractivity contribution in [3.8, 4) is 5.75 Å². The Kier molecular flexibility index (Phi) is 6.07. The van der Waals surface area contributed by atoms with E-state index in [1.165, 1.54) is 16.8 Å². The minimum atomic E-state index is 0.0204. The van der Waals surface area contributed by atoms with Crippen LogP contribution < -0.4 is 9.64 Å². The maximum Gasteiger partial charge on any atom is 0.225 e. The number of aromatic nitrogens is 1. The number of carbonyl (C=O) groups is 1. The molecule has 0 bridgehead atoms. The van der Waals surface area contributed by atoms with Crippen molar-refractivity contribution in [3.05, 3.63) is 84.2 Å². The molecule has 156 valence electrons. The van der Waals surface area contributed by atoms with Gasteiger partial charge in [0.15, 0.2) is 0 Å². The average Bonchev–Trinajstić information content (AvgIpc) is 3.32. The van der Waals surface area contributed by atoms with Gasteiger partial charge < -0.3 is 19.1 Å². The summed E-state index contributed by atoms with van der Waals surface area (Å²) in [7, 11) is 1.68. The molecule has 0 unspecified atom stereocenters. The van der Waals surface area contributed by atoms with Gasteiger partial charge in [-0.05, 0) is 48.9 Å². The maximum absolute atomic E-state index is 13.2. The molecule has 5 nitrogen and oxygen atoms in total. The van der Waals surface area contributed by atoms with Crippen LogP contribution in [0.2, 0.25) is 0 Å². The molecule has 3 aromatic rings. The van der Waals surface area contributed by atoms with Gasteiger partial charge in [-0.25, -0.2) is 0 Å². The molecule has 30 heavy (non-hydrogen) atoms. The number of rotatable bonds is 6. The summed E-state index contributed by atoms with van der Waals surface area (Å²) in [6.07, 6.45) is 4.56. The van der Waals surface area contributed by atoms with E-state index in [1.807, 2.05) is 41.6 Å². The van der Waals surface area contributed by atoms with Gasteiger partial charge in [0.05, 0.1) is 19.6 Å². The van der Waals surface area contributed by atoms with Crippen molar-refractivity contribution in [2.24, 2.45) is 0 Å². The van der Waals surface area contributed by atoms with Crippen molar-refractivity contribution < 1.29 is 9.53 Å². The number of anilines is 1. The number of nitrogens with zero attached hydrogens (tertiary/aromatic N) is 3. The molecule has 1 amide bonds.